The van der Waals surface area contributed by atoms with E-state index in [2.05, 4.69) is 0 Å². The van der Waals surface area contributed by atoms with Crippen LogP contribution in [0.25, 0.3) is 0 Å². The van der Waals surface area contributed by atoms with Gasteiger partial charge in [0, 0.05) is 18.8 Å². The highest BCUT2D eigenvalue weighted by Crippen LogP contribution is 2.35. The van der Waals surface area contributed by atoms with Crippen molar-refractivity contribution >= 4 is 23.9 Å². The Morgan fingerprint density at radius 1 is 0.969 bits per heavy atom. The zero-order valence-electron chi connectivity index (χ0n) is 19.3. The van der Waals surface area contributed by atoms with Crippen molar-refractivity contribution in [3.63, 3.8) is 0 Å². The summed E-state index contributed by atoms with van der Waals surface area (Å²) in [4.78, 5) is 47.3. The smallest absolute Gasteiger partial charge is 0.321 e. The molecular weight excluding hydrogens is 418 g/mol. The molecule has 1 aromatic rings. The number of ether oxygens (including phenoxy) is 3. The Bertz CT molecular complexity index is 822. The fourth-order valence-electron chi connectivity index (χ4n) is 2.86. The van der Waals surface area contributed by atoms with Crippen LogP contribution in [0.2, 0.25) is 0 Å². The van der Waals surface area contributed by atoms with E-state index in [0.717, 1.165) is 0 Å². The molecule has 9 nitrogen and oxygen atoms in total. The van der Waals surface area contributed by atoms with E-state index in [9.17, 15) is 24.3 Å². The van der Waals surface area contributed by atoms with Gasteiger partial charge in [-0.2, -0.15) is 0 Å². The predicted molar refractivity (Wildman–Crippen MR) is 116 cm³/mol. The molecule has 3 unspecified atom stereocenters. The first-order chi connectivity index (χ1) is 15.0. The molecule has 0 amide bonds. The van der Waals surface area contributed by atoms with Gasteiger partial charge >= 0.3 is 23.9 Å². The number of esters is 3. The first-order valence-electron chi connectivity index (χ1n) is 10.8. The van der Waals surface area contributed by atoms with Gasteiger partial charge in [-0.1, -0.05) is 33.8 Å². The Hall–Kier alpha value is -2.94. The van der Waals surface area contributed by atoms with Crippen molar-refractivity contribution in [2.75, 3.05) is 0 Å². The fourth-order valence-corrected chi connectivity index (χ4v) is 2.86. The van der Waals surface area contributed by atoms with Gasteiger partial charge in [-0.05, 0) is 37.5 Å². The Morgan fingerprint density at radius 3 is 2.03 bits per heavy atom. The van der Waals surface area contributed by atoms with Gasteiger partial charge < -0.3 is 25.1 Å². The molecule has 0 aliphatic heterocycles. The highest BCUT2D eigenvalue weighted by atomic mass is 16.6. The highest BCUT2D eigenvalue weighted by Gasteiger charge is 2.30. The molecule has 0 heterocycles. The van der Waals surface area contributed by atoms with Crippen molar-refractivity contribution in [3.05, 3.63) is 23.8 Å². The maximum atomic E-state index is 12.1. The molecule has 4 atom stereocenters. The van der Waals surface area contributed by atoms with Crippen LogP contribution in [0.15, 0.2) is 18.2 Å². The van der Waals surface area contributed by atoms with Gasteiger partial charge in [-0.25, -0.2) is 0 Å². The van der Waals surface area contributed by atoms with Crippen molar-refractivity contribution in [3.8, 4) is 11.5 Å². The van der Waals surface area contributed by atoms with Gasteiger partial charge in [0.15, 0.2) is 11.5 Å². The molecule has 0 aliphatic rings. The summed E-state index contributed by atoms with van der Waals surface area (Å²) >= 11 is 0. The van der Waals surface area contributed by atoms with E-state index in [1.807, 2.05) is 6.92 Å². The maximum absolute atomic E-state index is 12.1. The summed E-state index contributed by atoms with van der Waals surface area (Å²) in [7, 11) is 0. The third-order valence-corrected chi connectivity index (χ3v) is 5.06. The predicted octanol–water partition coefficient (Wildman–Crippen LogP) is 3.18. The van der Waals surface area contributed by atoms with Gasteiger partial charge in [-0.3, -0.25) is 19.2 Å². The standard InChI is InChI=1S/C23H33NO8/c1-6-13(4)23(29)30-14(5)11-16(21(24)22(27)28)15-9-10-17(31-19(25)7-2)18(12-15)32-20(26)8-3/h9-10,12-14,16,21H,6-8,11,24H2,1-5H3,(H,27,28)/t13?,14?,16?,21-/m0/s1. The number of rotatable bonds is 12. The third-order valence-electron chi connectivity index (χ3n) is 5.06. The summed E-state index contributed by atoms with van der Waals surface area (Å²) in [5.41, 5.74) is 6.39. The lowest BCUT2D eigenvalue weighted by atomic mass is 9.87. The van der Waals surface area contributed by atoms with E-state index in [0.29, 0.717) is 12.0 Å². The lowest BCUT2D eigenvalue weighted by Crippen LogP contribution is -2.38. The number of hydrogen-bond acceptors (Lipinski definition) is 8. The normalized spacial score (nSPS) is 14.6. The zero-order chi connectivity index (χ0) is 24.4. The summed E-state index contributed by atoms with van der Waals surface area (Å²) in [6.45, 7) is 8.52. The molecule has 0 saturated carbocycles. The summed E-state index contributed by atoms with van der Waals surface area (Å²) in [6.07, 6.45) is 0.352. The Balaban J connectivity index is 3.28. The lowest BCUT2D eigenvalue weighted by molar-refractivity contribution is -0.153. The molecule has 1 aromatic carbocycles. The van der Waals surface area contributed by atoms with Crippen LogP contribution >= 0.6 is 0 Å². The van der Waals surface area contributed by atoms with Crippen LogP contribution in [0.3, 0.4) is 0 Å². The van der Waals surface area contributed by atoms with E-state index < -0.39 is 36.0 Å². The number of carbonyl (C=O) groups excluding carboxylic acids is 3. The second-order valence-corrected chi connectivity index (χ2v) is 7.62. The summed E-state index contributed by atoms with van der Waals surface area (Å²) < 4.78 is 16.0. The lowest BCUT2D eigenvalue weighted by Gasteiger charge is -2.26. The number of carboxylic acid groups (broad SMARTS) is 1. The quantitative estimate of drug-likeness (QED) is 0.362. The molecule has 9 heteroatoms. The molecule has 0 saturated heterocycles. The van der Waals surface area contributed by atoms with Crippen molar-refractivity contribution in [1.29, 1.82) is 0 Å². The summed E-state index contributed by atoms with van der Waals surface area (Å²) in [6, 6.07) is 3.11. The van der Waals surface area contributed by atoms with Crippen LogP contribution in [0.1, 0.15) is 71.8 Å². The number of nitrogens with two attached hydrogens (primary N) is 1. The molecule has 0 aromatic heterocycles. The monoisotopic (exact) mass is 451 g/mol. The van der Waals surface area contributed by atoms with Crippen molar-refractivity contribution in [2.45, 2.75) is 78.4 Å². The summed E-state index contributed by atoms with van der Waals surface area (Å²) in [5, 5.41) is 9.51. The number of hydrogen-bond donors (Lipinski definition) is 2. The van der Waals surface area contributed by atoms with Crippen LogP contribution in [-0.2, 0) is 23.9 Å². The second-order valence-electron chi connectivity index (χ2n) is 7.62. The average molecular weight is 452 g/mol. The molecule has 0 bridgehead atoms. The van der Waals surface area contributed by atoms with Crippen LogP contribution in [0.5, 0.6) is 11.5 Å². The van der Waals surface area contributed by atoms with Gasteiger partial charge in [-0.15, -0.1) is 0 Å². The largest absolute Gasteiger partial charge is 0.480 e. The third kappa shape index (κ3) is 7.96. The second kappa shape index (κ2) is 12.8. The number of benzene rings is 1. The first-order valence-corrected chi connectivity index (χ1v) is 10.8. The molecule has 32 heavy (non-hydrogen) atoms. The van der Waals surface area contributed by atoms with Crippen molar-refractivity contribution in [2.24, 2.45) is 11.7 Å². The van der Waals surface area contributed by atoms with E-state index >= 15 is 0 Å². The van der Waals surface area contributed by atoms with E-state index in [1.54, 1.807) is 33.8 Å². The Labute approximate surface area is 188 Å². The molecule has 0 spiro atoms. The molecular formula is C23H33NO8. The van der Waals surface area contributed by atoms with Gasteiger partial charge in [0.2, 0.25) is 0 Å². The molecule has 1 rings (SSSR count). The van der Waals surface area contributed by atoms with Crippen LogP contribution in [0.4, 0.5) is 0 Å². The molecule has 0 radical (unpaired) electrons. The van der Waals surface area contributed by atoms with Crippen LogP contribution in [0, 0.1) is 5.92 Å². The van der Waals surface area contributed by atoms with Gasteiger partial charge in [0.1, 0.15) is 6.04 Å². The molecule has 0 aliphatic carbocycles. The number of aliphatic carboxylic acids is 1. The van der Waals surface area contributed by atoms with Crippen molar-refractivity contribution in [1.82, 2.24) is 0 Å². The van der Waals surface area contributed by atoms with Crippen LogP contribution < -0.4 is 15.2 Å². The SMILES string of the molecule is CCC(=O)Oc1ccc(C(CC(C)OC(=O)C(C)CC)[C@H](N)C(=O)O)cc1OC(=O)CC. The molecule has 0 fully saturated rings. The van der Waals surface area contributed by atoms with Gasteiger partial charge in [0.25, 0.3) is 0 Å². The number of carboxylic acids is 1. The van der Waals surface area contributed by atoms with Gasteiger partial charge in [0.05, 0.1) is 12.0 Å². The van der Waals surface area contributed by atoms with E-state index in [-0.39, 0.29) is 42.6 Å². The highest BCUT2D eigenvalue weighted by molar-refractivity contribution is 5.77. The minimum atomic E-state index is -1.31. The summed E-state index contributed by atoms with van der Waals surface area (Å²) in [5.74, 6) is -3.68. The molecule has 178 valence electrons. The fraction of sp³-hybridized carbons (Fsp3) is 0.565. The van der Waals surface area contributed by atoms with E-state index in [4.69, 9.17) is 19.9 Å². The van der Waals surface area contributed by atoms with Crippen LogP contribution in [-0.4, -0.2) is 41.1 Å². The minimum Gasteiger partial charge on any atom is -0.480 e. The van der Waals surface area contributed by atoms with E-state index in [1.165, 1.54) is 12.1 Å². The topological polar surface area (TPSA) is 142 Å². The minimum absolute atomic E-state index is 0.0111. The average Bonchev–Trinajstić information content (AvgIpc) is 2.76. The maximum Gasteiger partial charge on any atom is 0.321 e. The number of carbonyl (C=O) groups is 4. The first kappa shape index (κ1) is 27.1. The van der Waals surface area contributed by atoms with Crippen molar-refractivity contribution < 1.29 is 38.5 Å². The Morgan fingerprint density at radius 2 is 1.53 bits per heavy atom. The molecule has 3 N–H and O–H groups in total. The zero-order valence-corrected chi connectivity index (χ0v) is 19.3. The Kier molecular flexibility index (Phi) is 10.8.